The fraction of sp³-hybridized carbons (Fsp3) is 0.769. The van der Waals surface area contributed by atoms with E-state index in [0.717, 1.165) is 6.42 Å². The third-order valence-corrected chi connectivity index (χ3v) is 4.40. The molecule has 1 aliphatic heterocycles. The molecule has 7 nitrogen and oxygen atoms in total. The Hall–Kier alpha value is -1.79. The van der Waals surface area contributed by atoms with Gasteiger partial charge in [-0.2, -0.15) is 0 Å². The zero-order valence-electron chi connectivity index (χ0n) is 12.3. The fourth-order valence-electron chi connectivity index (χ4n) is 2.49. The summed E-state index contributed by atoms with van der Waals surface area (Å²) in [5.41, 5.74) is 9.94. The SMILES string of the molecule is CCC(C)(C(=O)N1CC(C(N)=O)CCC1C)C(N)=NO. The number of carbonyl (C=O) groups excluding carboxylic acids is 2. The lowest BCUT2D eigenvalue weighted by atomic mass is 9.82. The lowest BCUT2D eigenvalue weighted by Gasteiger charge is -2.41. The van der Waals surface area contributed by atoms with Gasteiger partial charge in [-0.25, -0.2) is 0 Å². The minimum atomic E-state index is -1.07. The highest BCUT2D eigenvalue weighted by atomic mass is 16.4. The molecule has 1 heterocycles. The monoisotopic (exact) mass is 284 g/mol. The number of carbonyl (C=O) groups is 2. The largest absolute Gasteiger partial charge is 0.409 e. The lowest BCUT2D eigenvalue weighted by Crippen LogP contribution is -2.56. The summed E-state index contributed by atoms with van der Waals surface area (Å²) in [5, 5.41) is 11.9. The van der Waals surface area contributed by atoms with Crippen molar-refractivity contribution < 1.29 is 14.8 Å². The van der Waals surface area contributed by atoms with Gasteiger partial charge < -0.3 is 21.6 Å². The summed E-state index contributed by atoms with van der Waals surface area (Å²) < 4.78 is 0. The van der Waals surface area contributed by atoms with Gasteiger partial charge >= 0.3 is 0 Å². The molecule has 1 saturated heterocycles. The van der Waals surface area contributed by atoms with Crippen LogP contribution >= 0.6 is 0 Å². The van der Waals surface area contributed by atoms with Crippen molar-refractivity contribution in [3.63, 3.8) is 0 Å². The van der Waals surface area contributed by atoms with Crippen LogP contribution in [0.5, 0.6) is 0 Å². The second kappa shape index (κ2) is 6.11. The molecule has 114 valence electrons. The molecule has 1 rings (SSSR count). The van der Waals surface area contributed by atoms with Crippen LogP contribution in [0.3, 0.4) is 0 Å². The number of amides is 2. The molecule has 0 spiro atoms. The van der Waals surface area contributed by atoms with Crippen LogP contribution in [-0.4, -0.2) is 40.3 Å². The molecule has 0 radical (unpaired) electrons. The van der Waals surface area contributed by atoms with E-state index in [2.05, 4.69) is 5.16 Å². The molecule has 0 aromatic rings. The van der Waals surface area contributed by atoms with E-state index in [1.807, 2.05) is 6.92 Å². The van der Waals surface area contributed by atoms with Crippen LogP contribution in [0, 0.1) is 11.3 Å². The maximum atomic E-state index is 12.7. The number of piperidine rings is 1. The number of likely N-dealkylation sites (tertiary alicyclic amines) is 1. The van der Waals surface area contributed by atoms with Crippen molar-refractivity contribution in [2.24, 2.45) is 28.0 Å². The topological polar surface area (TPSA) is 122 Å². The van der Waals surface area contributed by atoms with Gasteiger partial charge in [-0.05, 0) is 33.1 Å². The molecule has 1 fully saturated rings. The quantitative estimate of drug-likeness (QED) is 0.296. The Morgan fingerprint density at radius 1 is 1.40 bits per heavy atom. The van der Waals surface area contributed by atoms with Gasteiger partial charge in [0.1, 0.15) is 5.41 Å². The maximum Gasteiger partial charge on any atom is 0.236 e. The van der Waals surface area contributed by atoms with Gasteiger partial charge in [0.15, 0.2) is 5.84 Å². The molecule has 0 aliphatic carbocycles. The van der Waals surface area contributed by atoms with Crippen molar-refractivity contribution in [2.75, 3.05) is 6.54 Å². The van der Waals surface area contributed by atoms with E-state index < -0.39 is 11.3 Å². The van der Waals surface area contributed by atoms with Gasteiger partial charge in [-0.1, -0.05) is 12.1 Å². The van der Waals surface area contributed by atoms with Crippen LogP contribution in [0.2, 0.25) is 0 Å². The number of nitrogens with two attached hydrogens (primary N) is 2. The van der Waals surface area contributed by atoms with Crippen LogP contribution in [0.4, 0.5) is 0 Å². The van der Waals surface area contributed by atoms with E-state index in [1.165, 1.54) is 0 Å². The summed E-state index contributed by atoms with van der Waals surface area (Å²) in [4.78, 5) is 25.7. The molecule has 0 bridgehead atoms. The second-order valence-corrected chi connectivity index (χ2v) is 5.65. The first-order valence-electron chi connectivity index (χ1n) is 6.86. The minimum Gasteiger partial charge on any atom is -0.409 e. The molecule has 2 amide bonds. The van der Waals surface area contributed by atoms with Crippen molar-refractivity contribution in [1.82, 2.24) is 4.90 Å². The third-order valence-electron chi connectivity index (χ3n) is 4.40. The first-order valence-corrected chi connectivity index (χ1v) is 6.86. The molecule has 0 aromatic heterocycles. The second-order valence-electron chi connectivity index (χ2n) is 5.65. The van der Waals surface area contributed by atoms with Gasteiger partial charge in [-0.15, -0.1) is 0 Å². The van der Waals surface area contributed by atoms with Crippen LogP contribution in [0.1, 0.15) is 40.0 Å². The lowest BCUT2D eigenvalue weighted by molar-refractivity contribution is -0.143. The molecule has 7 heteroatoms. The predicted molar refractivity (Wildman–Crippen MR) is 74.9 cm³/mol. The van der Waals surface area contributed by atoms with E-state index >= 15 is 0 Å². The van der Waals surface area contributed by atoms with Crippen LogP contribution in [-0.2, 0) is 9.59 Å². The summed E-state index contributed by atoms with van der Waals surface area (Å²) in [6.45, 7) is 5.67. The molecule has 3 unspecified atom stereocenters. The Morgan fingerprint density at radius 2 is 2.00 bits per heavy atom. The van der Waals surface area contributed by atoms with Gasteiger partial charge in [0.25, 0.3) is 0 Å². The molecular weight excluding hydrogens is 260 g/mol. The third kappa shape index (κ3) is 2.86. The summed E-state index contributed by atoms with van der Waals surface area (Å²) in [6.07, 6.45) is 1.81. The van der Waals surface area contributed by atoms with Gasteiger partial charge in [0.05, 0.1) is 5.92 Å². The maximum absolute atomic E-state index is 12.7. The first-order chi connectivity index (χ1) is 9.27. The van der Waals surface area contributed by atoms with E-state index in [-0.39, 0.29) is 23.7 Å². The molecule has 5 N–H and O–H groups in total. The van der Waals surface area contributed by atoms with E-state index in [1.54, 1.807) is 18.7 Å². The molecule has 0 saturated carbocycles. The minimum absolute atomic E-state index is 0.00969. The van der Waals surface area contributed by atoms with Crippen LogP contribution in [0.15, 0.2) is 5.16 Å². The summed E-state index contributed by atoms with van der Waals surface area (Å²) in [6, 6.07) is 0.00969. The zero-order valence-corrected chi connectivity index (χ0v) is 12.3. The highest BCUT2D eigenvalue weighted by molar-refractivity contribution is 6.06. The first kappa shape index (κ1) is 16.3. The smallest absolute Gasteiger partial charge is 0.236 e. The van der Waals surface area contributed by atoms with Crippen molar-refractivity contribution in [3.8, 4) is 0 Å². The summed E-state index contributed by atoms with van der Waals surface area (Å²) in [7, 11) is 0. The number of rotatable bonds is 4. The molecule has 0 aromatic carbocycles. The summed E-state index contributed by atoms with van der Waals surface area (Å²) >= 11 is 0. The number of hydrogen-bond donors (Lipinski definition) is 3. The normalized spacial score (nSPS) is 26.9. The van der Waals surface area contributed by atoms with Gasteiger partial charge in [0.2, 0.25) is 11.8 Å². The van der Waals surface area contributed by atoms with E-state index in [9.17, 15) is 9.59 Å². The Morgan fingerprint density at radius 3 is 2.45 bits per heavy atom. The highest BCUT2D eigenvalue weighted by Crippen LogP contribution is 2.30. The number of amidine groups is 1. The Kier molecular flexibility index (Phi) is 4.97. The number of oxime groups is 1. The van der Waals surface area contributed by atoms with E-state index in [0.29, 0.717) is 19.4 Å². The Labute approximate surface area is 119 Å². The van der Waals surface area contributed by atoms with E-state index in [4.69, 9.17) is 16.7 Å². The zero-order chi connectivity index (χ0) is 15.5. The average molecular weight is 284 g/mol. The Bertz CT molecular complexity index is 424. The molecule has 3 atom stereocenters. The van der Waals surface area contributed by atoms with Crippen LogP contribution in [0.25, 0.3) is 0 Å². The van der Waals surface area contributed by atoms with Gasteiger partial charge in [-0.3, -0.25) is 9.59 Å². The number of hydrogen-bond acceptors (Lipinski definition) is 4. The Balaban J connectivity index is 3.01. The summed E-state index contributed by atoms with van der Waals surface area (Å²) in [5.74, 6) is -1.06. The predicted octanol–water partition coefficient (Wildman–Crippen LogP) is 0.262. The number of primary amides is 1. The van der Waals surface area contributed by atoms with Crippen LogP contribution < -0.4 is 11.5 Å². The van der Waals surface area contributed by atoms with Crippen molar-refractivity contribution in [3.05, 3.63) is 0 Å². The molecule has 20 heavy (non-hydrogen) atoms. The average Bonchev–Trinajstić information content (AvgIpc) is 2.44. The molecular formula is C13H24N4O3. The van der Waals surface area contributed by atoms with Crippen molar-refractivity contribution in [1.29, 1.82) is 0 Å². The van der Waals surface area contributed by atoms with Crippen molar-refractivity contribution in [2.45, 2.75) is 46.1 Å². The molecule has 1 aliphatic rings. The van der Waals surface area contributed by atoms with Gasteiger partial charge in [0, 0.05) is 12.6 Å². The van der Waals surface area contributed by atoms with Crippen molar-refractivity contribution >= 4 is 17.6 Å². The standard InChI is InChI=1S/C13H24N4O3/c1-4-13(3,11(15)16-20)12(19)17-7-9(10(14)18)6-5-8(17)2/h8-9,20H,4-7H2,1-3H3,(H2,14,18)(H2,15,16). The fourth-order valence-corrected chi connectivity index (χ4v) is 2.49. The number of nitrogens with zero attached hydrogens (tertiary/aromatic N) is 2. The highest BCUT2D eigenvalue weighted by Gasteiger charge is 2.43.